The van der Waals surface area contributed by atoms with Crippen LogP contribution in [0.5, 0.6) is 0 Å². The smallest absolute Gasteiger partial charge is 0.244 e. The van der Waals surface area contributed by atoms with Crippen molar-refractivity contribution in [3.8, 4) is 0 Å². The quantitative estimate of drug-likeness (QED) is 0.477. The SMILES string of the molecule is CCC(C(=O)NCC(C)C)N(Cc1ccc(Cl)cc1)C(=O)CN(c1cccc(C)c1C)S(C)(=O)=O. The van der Waals surface area contributed by atoms with Gasteiger partial charge in [0.1, 0.15) is 12.6 Å². The van der Waals surface area contributed by atoms with Crippen molar-refractivity contribution < 1.29 is 18.0 Å². The summed E-state index contributed by atoms with van der Waals surface area (Å²) in [6.45, 7) is 9.75. The van der Waals surface area contributed by atoms with Crippen LogP contribution in [0.15, 0.2) is 42.5 Å². The largest absolute Gasteiger partial charge is 0.354 e. The van der Waals surface area contributed by atoms with Gasteiger partial charge >= 0.3 is 0 Å². The first-order valence-corrected chi connectivity index (χ1v) is 13.9. The molecule has 0 saturated carbocycles. The fourth-order valence-corrected chi connectivity index (χ4v) is 4.76. The fraction of sp³-hybridized carbons (Fsp3) is 0.462. The van der Waals surface area contributed by atoms with Crippen molar-refractivity contribution in [1.29, 1.82) is 0 Å². The number of halogens is 1. The number of amides is 2. The minimum absolute atomic E-state index is 0.147. The van der Waals surface area contributed by atoms with Crippen molar-refractivity contribution in [2.24, 2.45) is 5.92 Å². The highest BCUT2D eigenvalue weighted by Crippen LogP contribution is 2.25. The number of nitrogens with one attached hydrogen (secondary N) is 1. The average molecular weight is 522 g/mol. The molecule has 0 radical (unpaired) electrons. The van der Waals surface area contributed by atoms with Crippen LogP contribution in [-0.4, -0.2) is 50.5 Å². The van der Waals surface area contributed by atoms with Crippen LogP contribution in [0.4, 0.5) is 5.69 Å². The van der Waals surface area contributed by atoms with Gasteiger partial charge in [0.15, 0.2) is 0 Å². The highest BCUT2D eigenvalue weighted by molar-refractivity contribution is 7.92. The molecule has 0 spiro atoms. The Morgan fingerprint density at radius 2 is 1.69 bits per heavy atom. The van der Waals surface area contributed by atoms with Gasteiger partial charge in [0.25, 0.3) is 0 Å². The van der Waals surface area contributed by atoms with Crippen LogP contribution in [-0.2, 0) is 26.2 Å². The van der Waals surface area contributed by atoms with Crippen LogP contribution < -0.4 is 9.62 Å². The van der Waals surface area contributed by atoms with Gasteiger partial charge in [-0.25, -0.2) is 8.42 Å². The van der Waals surface area contributed by atoms with E-state index in [9.17, 15) is 18.0 Å². The van der Waals surface area contributed by atoms with E-state index in [1.807, 2.05) is 40.7 Å². The van der Waals surface area contributed by atoms with Crippen LogP contribution in [0.1, 0.15) is 43.9 Å². The predicted molar refractivity (Wildman–Crippen MR) is 142 cm³/mol. The maximum Gasteiger partial charge on any atom is 0.244 e. The maximum absolute atomic E-state index is 13.7. The van der Waals surface area contributed by atoms with E-state index >= 15 is 0 Å². The molecule has 0 bridgehead atoms. The monoisotopic (exact) mass is 521 g/mol. The summed E-state index contributed by atoms with van der Waals surface area (Å²) in [4.78, 5) is 28.2. The number of hydrogen-bond acceptors (Lipinski definition) is 4. The molecule has 192 valence electrons. The van der Waals surface area contributed by atoms with Crippen molar-refractivity contribution >= 4 is 39.1 Å². The van der Waals surface area contributed by atoms with Gasteiger partial charge < -0.3 is 10.2 Å². The van der Waals surface area contributed by atoms with Gasteiger partial charge in [0.2, 0.25) is 21.8 Å². The number of rotatable bonds is 11. The van der Waals surface area contributed by atoms with Crippen molar-refractivity contribution in [3.05, 3.63) is 64.2 Å². The highest BCUT2D eigenvalue weighted by atomic mass is 35.5. The third-order valence-electron chi connectivity index (χ3n) is 5.86. The van der Waals surface area contributed by atoms with E-state index in [-0.39, 0.29) is 18.4 Å². The first-order valence-electron chi connectivity index (χ1n) is 11.7. The molecule has 9 heteroatoms. The number of sulfonamides is 1. The molecule has 2 amide bonds. The third-order valence-corrected chi connectivity index (χ3v) is 7.24. The van der Waals surface area contributed by atoms with E-state index in [1.165, 1.54) is 4.90 Å². The standard InChI is InChI=1S/C26H36ClN3O4S/c1-7-23(26(32)28-15-18(2)3)29(16-21-11-13-22(27)14-12-21)25(31)17-30(35(6,33)34)24-10-8-9-19(4)20(24)5/h8-14,18,23H,7,15-17H2,1-6H3,(H,28,32). The molecule has 2 aromatic carbocycles. The molecule has 0 aromatic heterocycles. The lowest BCUT2D eigenvalue weighted by Crippen LogP contribution is -2.52. The van der Waals surface area contributed by atoms with Crippen LogP contribution in [0.3, 0.4) is 0 Å². The second kappa shape index (κ2) is 12.4. The number of benzene rings is 2. The molecule has 2 aromatic rings. The predicted octanol–water partition coefficient (Wildman–Crippen LogP) is 4.30. The number of nitrogens with zero attached hydrogens (tertiary/aromatic N) is 2. The fourth-order valence-electron chi connectivity index (χ4n) is 3.73. The Balaban J connectivity index is 2.45. The molecule has 0 aliphatic carbocycles. The zero-order valence-electron chi connectivity index (χ0n) is 21.3. The summed E-state index contributed by atoms with van der Waals surface area (Å²) < 4.78 is 26.6. The first-order chi connectivity index (χ1) is 16.3. The van der Waals surface area contributed by atoms with Gasteiger partial charge in [-0.1, -0.05) is 56.6 Å². The minimum atomic E-state index is -3.77. The molecule has 1 atom stereocenters. The summed E-state index contributed by atoms with van der Waals surface area (Å²) in [6.07, 6.45) is 1.46. The van der Waals surface area contributed by atoms with Gasteiger partial charge in [-0.3, -0.25) is 13.9 Å². The van der Waals surface area contributed by atoms with Crippen molar-refractivity contribution in [2.75, 3.05) is 23.7 Å². The second-order valence-corrected chi connectivity index (χ2v) is 11.5. The van der Waals surface area contributed by atoms with Crippen LogP contribution in [0, 0.1) is 19.8 Å². The summed E-state index contributed by atoms with van der Waals surface area (Å²) in [5.41, 5.74) is 2.93. The Morgan fingerprint density at radius 3 is 2.23 bits per heavy atom. The lowest BCUT2D eigenvalue weighted by Gasteiger charge is -2.33. The van der Waals surface area contributed by atoms with Crippen molar-refractivity contribution in [2.45, 2.75) is 53.6 Å². The Hall–Kier alpha value is -2.58. The zero-order chi connectivity index (χ0) is 26.3. The van der Waals surface area contributed by atoms with E-state index in [0.717, 1.165) is 27.3 Å². The average Bonchev–Trinajstić information content (AvgIpc) is 2.78. The first kappa shape index (κ1) is 28.7. The van der Waals surface area contributed by atoms with Gasteiger partial charge in [0, 0.05) is 18.1 Å². The lowest BCUT2D eigenvalue weighted by molar-refractivity contribution is -0.140. The molecule has 7 nitrogen and oxygen atoms in total. The van der Waals surface area contributed by atoms with Crippen LogP contribution in [0.2, 0.25) is 5.02 Å². The van der Waals surface area contributed by atoms with E-state index in [2.05, 4.69) is 5.32 Å². The topological polar surface area (TPSA) is 86.8 Å². The van der Waals surface area contributed by atoms with E-state index in [4.69, 9.17) is 11.6 Å². The summed E-state index contributed by atoms with van der Waals surface area (Å²) in [6, 6.07) is 11.6. The van der Waals surface area contributed by atoms with E-state index in [1.54, 1.807) is 36.4 Å². The number of hydrogen-bond donors (Lipinski definition) is 1. The van der Waals surface area contributed by atoms with E-state index < -0.39 is 28.5 Å². The van der Waals surface area contributed by atoms with Crippen LogP contribution in [0.25, 0.3) is 0 Å². The third kappa shape index (κ3) is 7.97. The Bertz CT molecular complexity index is 1130. The Kier molecular flexibility index (Phi) is 10.2. The van der Waals surface area contributed by atoms with Crippen LogP contribution >= 0.6 is 11.6 Å². The van der Waals surface area contributed by atoms with Crippen molar-refractivity contribution in [3.63, 3.8) is 0 Å². The van der Waals surface area contributed by atoms with Crippen molar-refractivity contribution in [1.82, 2.24) is 10.2 Å². The molecular weight excluding hydrogens is 486 g/mol. The molecule has 0 aliphatic rings. The number of anilines is 1. The molecule has 0 aliphatic heterocycles. The van der Waals surface area contributed by atoms with E-state index in [0.29, 0.717) is 23.7 Å². The molecule has 0 fully saturated rings. The summed E-state index contributed by atoms with van der Waals surface area (Å²) >= 11 is 6.02. The summed E-state index contributed by atoms with van der Waals surface area (Å²) in [5, 5.41) is 3.47. The Morgan fingerprint density at radius 1 is 1.06 bits per heavy atom. The number of carbonyl (C=O) groups excluding carboxylic acids is 2. The number of aryl methyl sites for hydroxylation is 1. The molecule has 2 rings (SSSR count). The maximum atomic E-state index is 13.7. The molecule has 1 unspecified atom stereocenters. The molecule has 1 N–H and O–H groups in total. The highest BCUT2D eigenvalue weighted by Gasteiger charge is 2.32. The summed E-state index contributed by atoms with van der Waals surface area (Å²) in [7, 11) is -3.77. The Labute approximate surface area is 214 Å². The minimum Gasteiger partial charge on any atom is -0.354 e. The zero-order valence-corrected chi connectivity index (χ0v) is 22.9. The second-order valence-electron chi connectivity index (χ2n) is 9.20. The molecular formula is C26H36ClN3O4S. The summed E-state index contributed by atoms with van der Waals surface area (Å²) in [5.74, 6) is -0.471. The molecule has 35 heavy (non-hydrogen) atoms. The molecule has 0 heterocycles. The molecule has 0 saturated heterocycles. The lowest BCUT2D eigenvalue weighted by atomic mass is 10.1. The van der Waals surface area contributed by atoms with Gasteiger partial charge in [0.05, 0.1) is 11.9 Å². The normalized spacial score (nSPS) is 12.3. The van der Waals surface area contributed by atoms with Gasteiger partial charge in [-0.2, -0.15) is 0 Å². The number of carbonyl (C=O) groups is 2. The van der Waals surface area contributed by atoms with Gasteiger partial charge in [-0.05, 0) is 61.1 Å². The van der Waals surface area contributed by atoms with Gasteiger partial charge in [-0.15, -0.1) is 0 Å².